The van der Waals surface area contributed by atoms with E-state index in [0.717, 1.165) is 0 Å². The van der Waals surface area contributed by atoms with Crippen LogP contribution in [0.15, 0.2) is 45.6 Å². The van der Waals surface area contributed by atoms with Crippen LogP contribution in [0.5, 0.6) is 28.7 Å². The summed E-state index contributed by atoms with van der Waals surface area (Å²) in [6.07, 6.45) is -11.4. The van der Waals surface area contributed by atoms with Crippen molar-refractivity contribution in [3.63, 3.8) is 0 Å². The monoisotopic (exact) mass is 666 g/mol. The summed E-state index contributed by atoms with van der Waals surface area (Å²) >= 11 is 0. The van der Waals surface area contributed by atoms with Crippen LogP contribution in [-0.2, 0) is 18.9 Å². The number of ether oxygens (including phenoxy) is 8. The maximum atomic E-state index is 13.1. The highest BCUT2D eigenvalue weighted by Crippen LogP contribution is 2.39. The number of methoxy groups -OCH3 is 3. The Hall–Kier alpha value is -4.20. The van der Waals surface area contributed by atoms with Gasteiger partial charge in [-0.25, -0.2) is 9.59 Å². The normalized spacial score (nSPS) is 29.0. The molecule has 2 aliphatic heterocycles. The van der Waals surface area contributed by atoms with Gasteiger partial charge in [0.2, 0.25) is 12.0 Å². The molecule has 6 N–H and O–H groups in total. The number of carbonyl (C=O) groups is 1. The Bertz CT molecular complexity index is 1620. The number of fused-ring (bicyclic) bond motifs is 1. The Balaban J connectivity index is 1.32. The van der Waals surface area contributed by atoms with Crippen molar-refractivity contribution in [3.8, 4) is 28.7 Å². The van der Waals surface area contributed by atoms with E-state index in [9.17, 15) is 40.2 Å². The average Bonchev–Trinajstić information content (AvgIpc) is 3.38. The third-order valence-electron chi connectivity index (χ3n) is 7.74. The van der Waals surface area contributed by atoms with Crippen molar-refractivity contribution >= 4 is 16.9 Å². The SMILES string of the molecule is COc1cc2ccc(=O)oc2cc1O[C@@H]1O[C@H](CO[C@@H]2OC[C@@](O)(CO)[C@H]2OC(=O)c2cc(OC)c(O)c(OC)c2)[C@@H](O)[C@H](O)[C@H]1O. The molecule has 5 rings (SSSR count). The second-order valence-electron chi connectivity index (χ2n) is 10.8. The van der Waals surface area contributed by atoms with Crippen molar-refractivity contribution in [2.45, 2.75) is 48.7 Å². The molecular weight excluding hydrogens is 632 g/mol. The smallest absolute Gasteiger partial charge is 0.338 e. The lowest BCUT2D eigenvalue weighted by Crippen LogP contribution is -2.60. The molecule has 17 heteroatoms. The van der Waals surface area contributed by atoms with Gasteiger partial charge in [0.25, 0.3) is 0 Å². The van der Waals surface area contributed by atoms with Gasteiger partial charge in [-0.3, -0.25) is 0 Å². The lowest BCUT2D eigenvalue weighted by molar-refractivity contribution is -0.289. The number of aliphatic hydroxyl groups excluding tert-OH is 4. The minimum Gasteiger partial charge on any atom is -0.502 e. The van der Waals surface area contributed by atoms with E-state index in [2.05, 4.69) is 0 Å². The molecule has 0 spiro atoms. The van der Waals surface area contributed by atoms with E-state index in [0.29, 0.717) is 5.39 Å². The largest absolute Gasteiger partial charge is 0.502 e. The van der Waals surface area contributed by atoms with Crippen molar-refractivity contribution in [1.29, 1.82) is 0 Å². The Labute approximate surface area is 265 Å². The highest BCUT2D eigenvalue weighted by atomic mass is 16.7. The van der Waals surface area contributed by atoms with Gasteiger partial charge in [0.15, 0.2) is 41.0 Å². The molecule has 2 saturated heterocycles. The van der Waals surface area contributed by atoms with Gasteiger partial charge in [-0.05, 0) is 24.3 Å². The summed E-state index contributed by atoms with van der Waals surface area (Å²) in [5.74, 6) is -1.45. The highest BCUT2D eigenvalue weighted by Gasteiger charge is 2.53. The van der Waals surface area contributed by atoms with Gasteiger partial charge in [-0.15, -0.1) is 0 Å². The molecule has 256 valence electrons. The highest BCUT2D eigenvalue weighted by molar-refractivity contribution is 5.91. The number of benzene rings is 2. The summed E-state index contributed by atoms with van der Waals surface area (Å²) < 4.78 is 48.8. The van der Waals surface area contributed by atoms with E-state index in [1.165, 1.54) is 57.7 Å². The van der Waals surface area contributed by atoms with Crippen LogP contribution in [0.25, 0.3) is 11.0 Å². The van der Waals surface area contributed by atoms with Crippen molar-refractivity contribution in [1.82, 2.24) is 0 Å². The van der Waals surface area contributed by atoms with Gasteiger partial charge in [0.05, 0.1) is 46.7 Å². The van der Waals surface area contributed by atoms with Gasteiger partial charge in [0.1, 0.15) is 30.0 Å². The summed E-state index contributed by atoms with van der Waals surface area (Å²) in [6, 6.07) is 7.91. The summed E-state index contributed by atoms with van der Waals surface area (Å²) in [6.45, 7) is -1.98. The maximum absolute atomic E-state index is 13.1. The number of rotatable bonds is 11. The molecule has 8 atom stereocenters. The van der Waals surface area contributed by atoms with Crippen molar-refractivity contribution in [2.24, 2.45) is 0 Å². The van der Waals surface area contributed by atoms with Gasteiger partial charge < -0.3 is 73.0 Å². The first-order valence-electron chi connectivity index (χ1n) is 14.1. The molecule has 0 saturated carbocycles. The Morgan fingerprint density at radius 1 is 0.915 bits per heavy atom. The summed E-state index contributed by atoms with van der Waals surface area (Å²) in [4.78, 5) is 24.8. The minimum absolute atomic E-state index is 0.0248. The molecule has 0 aliphatic carbocycles. The fraction of sp³-hybridized carbons (Fsp3) is 0.467. The number of hydrogen-bond acceptors (Lipinski definition) is 17. The van der Waals surface area contributed by atoms with Crippen LogP contribution in [0.2, 0.25) is 0 Å². The standard InChI is InChI=1S/C30H34O17/c1-39-16-6-13-4-5-21(32)44-15(13)9-17(16)45-28-25(36)24(35)23(34)20(46-28)10-42-29-26(30(38,11-31)12-43-29)47-27(37)14-7-18(40-2)22(33)19(8-14)41-3/h4-9,20,23-26,28-29,31,33-36,38H,10-12H2,1-3H3/t20-,23-,24+,25-,26+,28-,29-,30+/m1/s1. The number of carbonyl (C=O) groups excluding carboxylic acids is 1. The third-order valence-corrected chi connectivity index (χ3v) is 7.74. The Morgan fingerprint density at radius 2 is 1.60 bits per heavy atom. The first-order chi connectivity index (χ1) is 22.4. The topological polar surface area (TPSA) is 242 Å². The molecule has 0 radical (unpaired) electrons. The molecule has 47 heavy (non-hydrogen) atoms. The number of aromatic hydroxyl groups is 1. The van der Waals surface area contributed by atoms with E-state index >= 15 is 0 Å². The number of phenolic OH excluding ortho intramolecular Hbond substituents is 1. The molecule has 17 nitrogen and oxygen atoms in total. The second-order valence-corrected chi connectivity index (χ2v) is 10.8. The van der Waals surface area contributed by atoms with Gasteiger partial charge in [-0.2, -0.15) is 0 Å². The molecule has 3 aromatic rings. The van der Waals surface area contributed by atoms with E-state index in [4.69, 9.17) is 42.3 Å². The van der Waals surface area contributed by atoms with Gasteiger partial charge in [0, 0.05) is 17.5 Å². The van der Waals surface area contributed by atoms with Crippen LogP contribution in [0, 0.1) is 0 Å². The molecule has 0 bridgehead atoms. The Morgan fingerprint density at radius 3 is 2.23 bits per heavy atom. The molecule has 2 aromatic carbocycles. The summed E-state index contributed by atoms with van der Waals surface area (Å²) in [5, 5.41) is 63.4. The van der Waals surface area contributed by atoms with Gasteiger partial charge in [-0.1, -0.05) is 0 Å². The first kappa shape index (κ1) is 34.1. The zero-order chi connectivity index (χ0) is 34.0. The zero-order valence-corrected chi connectivity index (χ0v) is 25.3. The number of hydrogen-bond donors (Lipinski definition) is 6. The fourth-order valence-corrected chi connectivity index (χ4v) is 5.07. The molecule has 0 amide bonds. The molecular formula is C30H34O17. The number of phenols is 1. The lowest BCUT2D eigenvalue weighted by atomic mass is 9.99. The van der Waals surface area contributed by atoms with E-state index in [-0.39, 0.29) is 39.9 Å². The quantitative estimate of drug-likeness (QED) is 0.107. The van der Waals surface area contributed by atoms with E-state index < -0.39 is 80.1 Å². The van der Waals surface area contributed by atoms with E-state index in [1.54, 1.807) is 0 Å². The second kappa shape index (κ2) is 13.9. The zero-order valence-electron chi connectivity index (χ0n) is 25.3. The summed E-state index contributed by atoms with van der Waals surface area (Å²) in [7, 11) is 3.87. The van der Waals surface area contributed by atoms with Crippen molar-refractivity contribution in [3.05, 3.63) is 52.4 Å². The Kier molecular flexibility index (Phi) is 10.1. The fourth-order valence-electron chi connectivity index (χ4n) is 5.07. The summed E-state index contributed by atoms with van der Waals surface area (Å²) in [5.41, 5.74) is -2.74. The average molecular weight is 667 g/mol. The van der Waals surface area contributed by atoms with Crippen LogP contribution < -0.4 is 24.6 Å². The first-order valence-corrected chi connectivity index (χ1v) is 14.1. The third kappa shape index (κ3) is 6.78. The molecule has 2 fully saturated rings. The maximum Gasteiger partial charge on any atom is 0.338 e. The van der Waals surface area contributed by atoms with Crippen molar-refractivity contribution < 1.29 is 77.7 Å². The predicted molar refractivity (Wildman–Crippen MR) is 154 cm³/mol. The van der Waals surface area contributed by atoms with Crippen LogP contribution in [-0.4, -0.2) is 126 Å². The molecule has 0 unspecified atom stereocenters. The van der Waals surface area contributed by atoms with Crippen LogP contribution in [0.4, 0.5) is 0 Å². The number of esters is 1. The lowest BCUT2D eigenvalue weighted by Gasteiger charge is -2.40. The van der Waals surface area contributed by atoms with E-state index in [1.807, 2.05) is 0 Å². The number of aliphatic hydroxyl groups is 5. The van der Waals surface area contributed by atoms with Crippen LogP contribution in [0.1, 0.15) is 10.4 Å². The van der Waals surface area contributed by atoms with Crippen LogP contribution in [0.3, 0.4) is 0 Å². The minimum atomic E-state index is -2.11. The van der Waals surface area contributed by atoms with Crippen LogP contribution >= 0.6 is 0 Å². The molecule has 3 heterocycles. The van der Waals surface area contributed by atoms with Gasteiger partial charge >= 0.3 is 11.6 Å². The molecule has 2 aliphatic rings. The molecule has 1 aromatic heterocycles. The predicted octanol–water partition coefficient (Wildman–Crippen LogP) is -0.967. The van der Waals surface area contributed by atoms with Crippen molar-refractivity contribution in [2.75, 3.05) is 41.2 Å².